The molecule has 2 aliphatic heterocycles. The molecule has 0 spiro atoms. The van der Waals surface area contributed by atoms with Gasteiger partial charge in [0, 0.05) is 68.4 Å². The van der Waals surface area contributed by atoms with Crippen LogP contribution in [0.5, 0.6) is 5.75 Å². The second kappa shape index (κ2) is 18.4. The van der Waals surface area contributed by atoms with Gasteiger partial charge in [-0.15, -0.1) is 0 Å². The van der Waals surface area contributed by atoms with E-state index in [1.165, 1.54) is 0 Å². The van der Waals surface area contributed by atoms with Crippen molar-refractivity contribution in [3.05, 3.63) is 86.0 Å². The van der Waals surface area contributed by atoms with Gasteiger partial charge in [0.2, 0.25) is 5.91 Å². The first-order chi connectivity index (χ1) is 28.8. The lowest BCUT2D eigenvalue weighted by Gasteiger charge is -2.40. The molecule has 7 rings (SSSR count). The largest absolute Gasteiger partial charge is 0.485 e. The molecule has 2 saturated carbocycles. The van der Waals surface area contributed by atoms with Gasteiger partial charge in [0.05, 0.1) is 22.5 Å². The quantitative estimate of drug-likeness (QED) is 0.177. The first kappa shape index (κ1) is 45.1. The van der Waals surface area contributed by atoms with Crippen LogP contribution in [0.1, 0.15) is 108 Å². The molecule has 61 heavy (non-hydrogen) atoms. The molecule has 4 aliphatic rings. The van der Waals surface area contributed by atoms with E-state index in [1.54, 1.807) is 4.90 Å². The number of amides is 3. The second-order valence-corrected chi connectivity index (χ2v) is 20.4. The molecule has 3 amide bonds. The SMILES string of the molecule is Cc1cc(Cl)c(O[C@H]2CCN(c3ccc([C@@H]4CCN(C(=O)OC(C)(C)C)C[C@H]4C(=O)N(Cc4cc(CCN(C(=O)OC(C)(C)C)C5CC5)ccc4Cl)C4CC4)cn3)C2)c(Cl)c1. The molecule has 1 aromatic heterocycles. The van der Waals surface area contributed by atoms with Gasteiger partial charge >= 0.3 is 12.2 Å². The highest BCUT2D eigenvalue weighted by Gasteiger charge is 2.44. The first-order valence-corrected chi connectivity index (χ1v) is 22.8. The van der Waals surface area contributed by atoms with E-state index in [1.807, 2.05) is 94.8 Å². The van der Waals surface area contributed by atoms with Crippen molar-refractivity contribution in [2.45, 2.75) is 135 Å². The van der Waals surface area contributed by atoms with Crippen molar-refractivity contribution in [3.8, 4) is 5.75 Å². The lowest BCUT2D eigenvalue weighted by atomic mass is 9.80. The first-order valence-electron chi connectivity index (χ1n) is 21.7. The molecule has 0 radical (unpaired) electrons. The number of anilines is 1. The molecule has 0 unspecified atom stereocenters. The average Bonchev–Trinajstić information content (AvgIpc) is 4.13. The maximum absolute atomic E-state index is 15.0. The Morgan fingerprint density at radius 2 is 1.46 bits per heavy atom. The number of likely N-dealkylation sites (tertiary alicyclic amines) is 1. The van der Waals surface area contributed by atoms with Gasteiger partial charge in [-0.2, -0.15) is 0 Å². The zero-order valence-electron chi connectivity index (χ0n) is 36.5. The summed E-state index contributed by atoms with van der Waals surface area (Å²) in [7, 11) is 0. The maximum Gasteiger partial charge on any atom is 0.410 e. The lowest BCUT2D eigenvalue weighted by molar-refractivity contribution is -0.139. The van der Waals surface area contributed by atoms with E-state index in [0.717, 1.165) is 66.7 Å². The minimum atomic E-state index is -0.671. The van der Waals surface area contributed by atoms with Gasteiger partial charge in [-0.05, 0) is 134 Å². The predicted octanol–water partition coefficient (Wildman–Crippen LogP) is 10.5. The van der Waals surface area contributed by atoms with Crippen molar-refractivity contribution in [3.63, 3.8) is 0 Å². The normalized spacial score (nSPS) is 20.7. The van der Waals surface area contributed by atoms with Crippen molar-refractivity contribution in [1.82, 2.24) is 19.7 Å². The molecule has 2 aromatic carbocycles. The van der Waals surface area contributed by atoms with Crippen LogP contribution in [0, 0.1) is 12.8 Å². The molecule has 0 bridgehead atoms. The molecular weight excluding hydrogens is 837 g/mol. The third-order valence-electron chi connectivity index (χ3n) is 11.7. The summed E-state index contributed by atoms with van der Waals surface area (Å²) in [6.07, 6.45) is 6.85. The van der Waals surface area contributed by atoms with E-state index in [4.69, 9.17) is 54.0 Å². The molecule has 11 nitrogen and oxygen atoms in total. The van der Waals surface area contributed by atoms with Crippen molar-refractivity contribution in [2.75, 3.05) is 37.6 Å². The summed E-state index contributed by atoms with van der Waals surface area (Å²) >= 11 is 19.8. The van der Waals surface area contributed by atoms with E-state index >= 15 is 4.79 Å². The van der Waals surface area contributed by atoms with E-state index < -0.39 is 23.2 Å². The predicted molar refractivity (Wildman–Crippen MR) is 240 cm³/mol. The van der Waals surface area contributed by atoms with Crippen molar-refractivity contribution in [1.29, 1.82) is 0 Å². The lowest BCUT2D eigenvalue weighted by Crippen LogP contribution is -2.51. The highest BCUT2D eigenvalue weighted by atomic mass is 35.5. The van der Waals surface area contributed by atoms with Crippen LogP contribution >= 0.6 is 34.8 Å². The summed E-state index contributed by atoms with van der Waals surface area (Å²) in [6.45, 7) is 16.1. The van der Waals surface area contributed by atoms with Crippen LogP contribution < -0.4 is 9.64 Å². The van der Waals surface area contributed by atoms with Crippen molar-refractivity contribution >= 4 is 58.7 Å². The maximum atomic E-state index is 15.0. The van der Waals surface area contributed by atoms with E-state index in [0.29, 0.717) is 59.8 Å². The van der Waals surface area contributed by atoms with E-state index in [2.05, 4.69) is 17.0 Å². The summed E-state index contributed by atoms with van der Waals surface area (Å²) in [5.74, 6) is 0.626. The topological polar surface area (TPSA) is 105 Å². The molecule has 3 aromatic rings. The fourth-order valence-electron chi connectivity index (χ4n) is 8.35. The number of benzene rings is 2. The monoisotopic (exact) mass is 895 g/mol. The number of halogens is 3. The minimum Gasteiger partial charge on any atom is -0.485 e. The van der Waals surface area contributed by atoms with Gasteiger partial charge in [-0.3, -0.25) is 4.79 Å². The van der Waals surface area contributed by atoms with Crippen LogP contribution in [-0.2, 0) is 27.2 Å². The van der Waals surface area contributed by atoms with Gasteiger partial charge in [0.25, 0.3) is 0 Å². The van der Waals surface area contributed by atoms with Gasteiger partial charge < -0.3 is 33.8 Å². The number of aromatic nitrogens is 1. The smallest absolute Gasteiger partial charge is 0.410 e. The molecule has 14 heteroatoms. The molecule has 3 heterocycles. The molecule has 4 fully saturated rings. The Balaban J connectivity index is 1.07. The number of rotatable bonds is 12. The van der Waals surface area contributed by atoms with E-state index in [-0.39, 0.29) is 42.7 Å². The third-order valence-corrected chi connectivity index (χ3v) is 12.6. The van der Waals surface area contributed by atoms with Gasteiger partial charge in [-0.1, -0.05) is 53.0 Å². The molecule has 2 saturated heterocycles. The van der Waals surface area contributed by atoms with Crippen LogP contribution in [0.25, 0.3) is 0 Å². The molecular formula is C47H60Cl3N5O6. The number of aryl methyl sites for hydroxylation is 1. The Morgan fingerprint density at radius 3 is 2.08 bits per heavy atom. The highest BCUT2D eigenvalue weighted by Crippen LogP contribution is 2.40. The van der Waals surface area contributed by atoms with Crippen LogP contribution in [0.2, 0.25) is 15.1 Å². The van der Waals surface area contributed by atoms with Gasteiger partial charge in [-0.25, -0.2) is 14.6 Å². The molecule has 2 aliphatic carbocycles. The number of carbonyl (C=O) groups excluding carboxylic acids is 3. The number of carbonyl (C=O) groups is 3. The van der Waals surface area contributed by atoms with Gasteiger partial charge in [0.15, 0.2) is 5.75 Å². The standard InChI is InChI=1S/C47H60Cl3N5O6/c1-29-22-39(49)42(40(50)23-29)59-35-17-19-52(27-35)41-15-9-31(25-51-41)36-18-20-53(44(57)60-46(2,3)4)28-37(36)43(56)55(34-12-13-34)26-32-24-30(8-14-38(32)48)16-21-54(33-10-11-33)45(58)61-47(5,6)7/h8-9,14-15,22-25,33-37H,10-13,16-21,26-28H2,1-7H3/t35-,36-,37+/m0/s1. The fraction of sp³-hybridized carbons (Fsp3) is 0.574. The second-order valence-electron chi connectivity index (χ2n) is 19.2. The Hall–Kier alpha value is -3.93. The number of pyridine rings is 1. The third kappa shape index (κ3) is 11.8. The summed E-state index contributed by atoms with van der Waals surface area (Å²) in [5, 5.41) is 1.58. The van der Waals surface area contributed by atoms with E-state index in [9.17, 15) is 9.59 Å². The van der Waals surface area contributed by atoms with Crippen LogP contribution in [0.15, 0.2) is 48.7 Å². The summed E-state index contributed by atoms with van der Waals surface area (Å²) in [5.41, 5.74) is 2.58. The molecule has 330 valence electrons. The zero-order valence-corrected chi connectivity index (χ0v) is 38.8. The Bertz CT molecular complexity index is 2060. The Kier molecular flexibility index (Phi) is 13.6. The average molecular weight is 897 g/mol. The van der Waals surface area contributed by atoms with Crippen LogP contribution in [0.3, 0.4) is 0 Å². The van der Waals surface area contributed by atoms with Gasteiger partial charge in [0.1, 0.15) is 23.1 Å². The fourth-order valence-corrected chi connectivity index (χ4v) is 9.21. The number of piperidine rings is 1. The number of hydrogen-bond acceptors (Lipinski definition) is 8. The van der Waals surface area contributed by atoms with Crippen molar-refractivity contribution < 1.29 is 28.6 Å². The summed E-state index contributed by atoms with van der Waals surface area (Å²) < 4.78 is 17.8. The number of ether oxygens (including phenoxy) is 3. The summed E-state index contributed by atoms with van der Waals surface area (Å²) in [4.78, 5) is 54.1. The minimum absolute atomic E-state index is 0.0101. The van der Waals surface area contributed by atoms with Crippen LogP contribution in [-0.4, -0.2) is 99.9 Å². The zero-order chi connectivity index (χ0) is 43.8. The molecule has 3 atom stereocenters. The van der Waals surface area contributed by atoms with Crippen LogP contribution in [0.4, 0.5) is 15.4 Å². The van der Waals surface area contributed by atoms with Crippen molar-refractivity contribution in [2.24, 2.45) is 5.92 Å². The molecule has 0 N–H and O–H groups in total. The highest BCUT2D eigenvalue weighted by molar-refractivity contribution is 6.37. The number of hydrogen-bond donors (Lipinski definition) is 0. The number of nitrogens with zero attached hydrogens (tertiary/aromatic N) is 5. The Morgan fingerprint density at radius 1 is 0.787 bits per heavy atom. The summed E-state index contributed by atoms with van der Waals surface area (Å²) in [6, 6.07) is 14.0. The Labute approximate surface area is 375 Å².